The SMILES string of the molecule is COC(=O)c1nc(F)ccc1OC. The second kappa shape index (κ2) is 3.84. The number of rotatable bonds is 2. The first-order chi connectivity index (χ1) is 6.19. The van der Waals surface area contributed by atoms with Crippen LogP contribution >= 0.6 is 0 Å². The summed E-state index contributed by atoms with van der Waals surface area (Å²) >= 11 is 0. The first-order valence-electron chi connectivity index (χ1n) is 3.48. The third kappa shape index (κ3) is 1.93. The molecule has 70 valence electrons. The van der Waals surface area contributed by atoms with Gasteiger partial charge in [-0.1, -0.05) is 0 Å². The van der Waals surface area contributed by atoms with Gasteiger partial charge in [-0.05, 0) is 12.1 Å². The Balaban J connectivity index is 3.15. The van der Waals surface area contributed by atoms with Crippen LogP contribution in [-0.2, 0) is 4.74 Å². The van der Waals surface area contributed by atoms with Gasteiger partial charge < -0.3 is 9.47 Å². The van der Waals surface area contributed by atoms with Crippen molar-refractivity contribution < 1.29 is 18.7 Å². The number of hydrogen-bond donors (Lipinski definition) is 0. The average Bonchev–Trinajstić information content (AvgIpc) is 2.16. The van der Waals surface area contributed by atoms with E-state index in [9.17, 15) is 9.18 Å². The molecule has 0 aliphatic heterocycles. The van der Waals surface area contributed by atoms with Gasteiger partial charge in [-0.3, -0.25) is 0 Å². The van der Waals surface area contributed by atoms with Crippen LogP contribution in [0.2, 0.25) is 0 Å². The zero-order valence-electron chi connectivity index (χ0n) is 7.20. The van der Waals surface area contributed by atoms with E-state index in [0.29, 0.717) is 0 Å². The summed E-state index contributed by atoms with van der Waals surface area (Å²) in [5.41, 5.74) is -0.162. The molecular weight excluding hydrogens is 177 g/mol. The molecule has 0 N–H and O–H groups in total. The van der Waals surface area contributed by atoms with Crippen LogP contribution in [0.25, 0.3) is 0 Å². The van der Waals surface area contributed by atoms with Crippen LogP contribution in [0, 0.1) is 5.95 Å². The lowest BCUT2D eigenvalue weighted by molar-refractivity contribution is 0.0588. The first-order valence-corrected chi connectivity index (χ1v) is 3.48. The van der Waals surface area contributed by atoms with Crippen LogP contribution in [0.15, 0.2) is 12.1 Å². The van der Waals surface area contributed by atoms with E-state index in [0.717, 1.165) is 6.07 Å². The second-order valence-corrected chi connectivity index (χ2v) is 2.18. The Kier molecular flexibility index (Phi) is 2.79. The van der Waals surface area contributed by atoms with E-state index in [1.807, 2.05) is 0 Å². The molecule has 0 atom stereocenters. The van der Waals surface area contributed by atoms with Gasteiger partial charge in [0.05, 0.1) is 14.2 Å². The largest absolute Gasteiger partial charge is 0.494 e. The molecule has 1 aromatic rings. The molecule has 0 unspecified atom stereocenters. The molecule has 0 radical (unpaired) electrons. The van der Waals surface area contributed by atoms with E-state index in [2.05, 4.69) is 9.72 Å². The van der Waals surface area contributed by atoms with Crippen LogP contribution in [0.4, 0.5) is 4.39 Å². The van der Waals surface area contributed by atoms with Crippen molar-refractivity contribution in [3.8, 4) is 5.75 Å². The standard InChI is InChI=1S/C8H8FNO3/c1-12-5-3-4-6(9)10-7(5)8(11)13-2/h3-4H,1-2H3. The molecule has 0 spiro atoms. The van der Waals surface area contributed by atoms with Crippen molar-refractivity contribution >= 4 is 5.97 Å². The van der Waals surface area contributed by atoms with Crippen LogP contribution in [0.3, 0.4) is 0 Å². The molecular formula is C8H8FNO3. The lowest BCUT2D eigenvalue weighted by atomic mass is 10.3. The topological polar surface area (TPSA) is 48.4 Å². The predicted molar refractivity (Wildman–Crippen MR) is 42.1 cm³/mol. The molecule has 0 amide bonds. The van der Waals surface area contributed by atoms with Crippen molar-refractivity contribution in [2.45, 2.75) is 0 Å². The van der Waals surface area contributed by atoms with Gasteiger partial charge in [0.1, 0.15) is 0 Å². The summed E-state index contributed by atoms with van der Waals surface area (Å²) in [6.45, 7) is 0. The molecule has 5 heteroatoms. The molecule has 1 aromatic heterocycles. The fourth-order valence-electron chi connectivity index (χ4n) is 0.830. The van der Waals surface area contributed by atoms with Crippen molar-refractivity contribution in [3.05, 3.63) is 23.8 Å². The Morgan fingerprint density at radius 3 is 2.69 bits per heavy atom. The van der Waals surface area contributed by atoms with Gasteiger partial charge in [-0.25, -0.2) is 9.78 Å². The number of halogens is 1. The summed E-state index contributed by atoms with van der Waals surface area (Å²) in [5, 5.41) is 0. The van der Waals surface area contributed by atoms with Gasteiger partial charge in [0.15, 0.2) is 11.4 Å². The minimum atomic E-state index is -0.749. The Labute approximate surface area is 74.3 Å². The molecule has 0 aliphatic carbocycles. The van der Waals surface area contributed by atoms with E-state index < -0.39 is 11.9 Å². The second-order valence-electron chi connectivity index (χ2n) is 2.18. The lowest BCUT2D eigenvalue weighted by Gasteiger charge is -2.04. The minimum absolute atomic E-state index is 0.162. The summed E-state index contributed by atoms with van der Waals surface area (Å²) in [7, 11) is 2.55. The van der Waals surface area contributed by atoms with E-state index in [-0.39, 0.29) is 11.4 Å². The Morgan fingerprint density at radius 1 is 1.46 bits per heavy atom. The summed E-state index contributed by atoms with van der Waals surface area (Å²) in [6, 6.07) is 2.42. The third-order valence-electron chi connectivity index (χ3n) is 1.42. The maximum Gasteiger partial charge on any atom is 0.360 e. The van der Waals surface area contributed by atoms with E-state index in [4.69, 9.17) is 4.74 Å². The summed E-state index contributed by atoms with van der Waals surface area (Å²) < 4.78 is 21.8. The molecule has 13 heavy (non-hydrogen) atoms. The molecule has 0 saturated carbocycles. The third-order valence-corrected chi connectivity index (χ3v) is 1.42. The van der Waals surface area contributed by atoms with Gasteiger partial charge in [-0.15, -0.1) is 0 Å². The summed E-state index contributed by atoms with van der Waals surface area (Å²) in [5.74, 6) is -1.29. The van der Waals surface area contributed by atoms with Gasteiger partial charge in [0.25, 0.3) is 0 Å². The van der Waals surface area contributed by atoms with Crippen LogP contribution in [-0.4, -0.2) is 25.2 Å². The molecule has 0 fully saturated rings. The number of esters is 1. The number of ether oxygens (including phenoxy) is 2. The van der Waals surface area contributed by atoms with Gasteiger partial charge in [-0.2, -0.15) is 4.39 Å². The summed E-state index contributed by atoms with van der Waals surface area (Å²) in [6.07, 6.45) is 0. The van der Waals surface area contributed by atoms with Crippen molar-refractivity contribution in [2.75, 3.05) is 14.2 Å². The van der Waals surface area contributed by atoms with E-state index in [1.165, 1.54) is 20.3 Å². The van der Waals surface area contributed by atoms with Crippen molar-refractivity contribution in [1.82, 2.24) is 4.98 Å². The molecule has 0 aliphatic rings. The highest BCUT2D eigenvalue weighted by Gasteiger charge is 2.15. The number of pyridine rings is 1. The van der Waals surface area contributed by atoms with Gasteiger partial charge in [0, 0.05) is 0 Å². The summed E-state index contributed by atoms with van der Waals surface area (Å²) in [4.78, 5) is 14.4. The van der Waals surface area contributed by atoms with Gasteiger partial charge in [0.2, 0.25) is 5.95 Å². The highest BCUT2D eigenvalue weighted by atomic mass is 19.1. The molecule has 0 saturated heterocycles. The number of methoxy groups -OCH3 is 2. The smallest absolute Gasteiger partial charge is 0.360 e. The van der Waals surface area contributed by atoms with Crippen molar-refractivity contribution in [1.29, 1.82) is 0 Å². The zero-order valence-corrected chi connectivity index (χ0v) is 7.20. The highest BCUT2D eigenvalue weighted by molar-refractivity contribution is 5.90. The fraction of sp³-hybridized carbons (Fsp3) is 0.250. The Hall–Kier alpha value is -1.65. The number of hydrogen-bond acceptors (Lipinski definition) is 4. The normalized spacial score (nSPS) is 9.46. The minimum Gasteiger partial charge on any atom is -0.494 e. The quantitative estimate of drug-likeness (QED) is 0.509. The van der Waals surface area contributed by atoms with E-state index in [1.54, 1.807) is 0 Å². The maximum absolute atomic E-state index is 12.6. The van der Waals surface area contributed by atoms with Crippen molar-refractivity contribution in [2.24, 2.45) is 0 Å². The van der Waals surface area contributed by atoms with Crippen LogP contribution in [0.5, 0.6) is 5.75 Å². The zero-order chi connectivity index (χ0) is 9.84. The molecule has 0 aromatic carbocycles. The maximum atomic E-state index is 12.6. The predicted octanol–water partition coefficient (Wildman–Crippen LogP) is 1.02. The van der Waals surface area contributed by atoms with Crippen molar-refractivity contribution in [3.63, 3.8) is 0 Å². The highest BCUT2D eigenvalue weighted by Crippen LogP contribution is 2.16. The lowest BCUT2D eigenvalue weighted by Crippen LogP contribution is -2.07. The van der Waals surface area contributed by atoms with Crippen LogP contribution < -0.4 is 4.74 Å². The number of carbonyl (C=O) groups excluding carboxylic acids is 1. The number of aromatic nitrogens is 1. The fourth-order valence-corrected chi connectivity index (χ4v) is 0.830. The molecule has 4 nitrogen and oxygen atoms in total. The Bertz CT molecular complexity index is 327. The molecule has 1 rings (SSSR count). The van der Waals surface area contributed by atoms with E-state index >= 15 is 0 Å². The molecule has 1 heterocycles. The number of nitrogens with zero attached hydrogens (tertiary/aromatic N) is 1. The number of carbonyl (C=O) groups is 1. The Morgan fingerprint density at radius 2 is 2.15 bits per heavy atom. The molecule has 0 bridgehead atoms. The van der Waals surface area contributed by atoms with Gasteiger partial charge >= 0.3 is 5.97 Å². The monoisotopic (exact) mass is 185 g/mol. The first kappa shape index (κ1) is 9.44. The van der Waals surface area contributed by atoms with Crippen LogP contribution in [0.1, 0.15) is 10.5 Å². The average molecular weight is 185 g/mol.